The average molecular weight is 293 g/mol. The number of thioether (sulfide) groups is 1. The molecule has 1 aliphatic carbocycles. The summed E-state index contributed by atoms with van der Waals surface area (Å²) in [6.45, 7) is 1.56. The quantitative estimate of drug-likeness (QED) is 0.840. The van der Waals surface area contributed by atoms with Crippen molar-refractivity contribution < 1.29 is 13.5 Å². The van der Waals surface area contributed by atoms with Crippen molar-refractivity contribution in [1.82, 2.24) is 4.90 Å². The highest BCUT2D eigenvalue weighted by Crippen LogP contribution is 2.28. The molecule has 1 saturated heterocycles. The summed E-state index contributed by atoms with van der Waals surface area (Å²) in [7, 11) is -3.02. The summed E-state index contributed by atoms with van der Waals surface area (Å²) < 4.78 is 23.6. The van der Waals surface area contributed by atoms with Crippen molar-refractivity contribution in [3.63, 3.8) is 0 Å². The van der Waals surface area contributed by atoms with Gasteiger partial charge in [-0.2, -0.15) is 11.8 Å². The zero-order chi connectivity index (χ0) is 13.2. The molecular formula is C12H23NO3S2. The predicted octanol–water partition coefficient (Wildman–Crippen LogP) is 0.957. The van der Waals surface area contributed by atoms with Crippen LogP contribution in [0, 0.1) is 5.92 Å². The third-order valence-electron chi connectivity index (χ3n) is 4.02. The van der Waals surface area contributed by atoms with Crippen LogP contribution in [-0.4, -0.2) is 60.8 Å². The number of aliphatic hydroxyl groups is 1. The average Bonchev–Trinajstić information content (AvgIpc) is 2.31. The molecular weight excluding hydrogens is 270 g/mol. The van der Waals surface area contributed by atoms with Gasteiger partial charge >= 0.3 is 0 Å². The maximum Gasteiger partial charge on any atom is 0.164 e. The van der Waals surface area contributed by atoms with E-state index in [1.165, 1.54) is 6.26 Å². The molecule has 0 aromatic rings. The summed E-state index contributed by atoms with van der Waals surface area (Å²) in [4.78, 5) is 2.07. The van der Waals surface area contributed by atoms with E-state index in [1.54, 1.807) is 11.8 Å². The summed E-state index contributed by atoms with van der Waals surface area (Å²) in [5, 5.41) is 9.65. The first-order chi connectivity index (χ1) is 8.48. The Kier molecular flexibility index (Phi) is 4.97. The number of hydrogen-bond donors (Lipinski definition) is 1. The lowest BCUT2D eigenvalue weighted by Crippen LogP contribution is -2.50. The lowest BCUT2D eigenvalue weighted by Gasteiger charge is -2.38. The Bertz CT molecular complexity index is 372. The molecule has 0 amide bonds. The first kappa shape index (κ1) is 14.6. The predicted molar refractivity (Wildman–Crippen MR) is 75.5 cm³/mol. The minimum absolute atomic E-state index is 0.242. The van der Waals surface area contributed by atoms with Crippen molar-refractivity contribution in [3.8, 4) is 0 Å². The van der Waals surface area contributed by atoms with Crippen LogP contribution in [0.15, 0.2) is 0 Å². The number of sulfone groups is 1. The van der Waals surface area contributed by atoms with E-state index in [0.717, 1.165) is 44.5 Å². The molecule has 2 rings (SSSR count). The number of rotatable bonds is 3. The van der Waals surface area contributed by atoms with E-state index < -0.39 is 9.84 Å². The minimum atomic E-state index is -3.02. The smallest absolute Gasteiger partial charge is 0.164 e. The van der Waals surface area contributed by atoms with Crippen LogP contribution in [0.5, 0.6) is 0 Å². The fourth-order valence-corrected chi connectivity index (χ4v) is 5.87. The molecule has 3 atom stereocenters. The van der Waals surface area contributed by atoms with Crippen molar-refractivity contribution in [2.24, 2.45) is 5.92 Å². The van der Waals surface area contributed by atoms with Gasteiger partial charge < -0.3 is 5.11 Å². The van der Waals surface area contributed by atoms with Gasteiger partial charge in [0.05, 0.1) is 6.10 Å². The molecule has 1 aliphatic heterocycles. The van der Waals surface area contributed by atoms with Crippen molar-refractivity contribution in [3.05, 3.63) is 0 Å². The Morgan fingerprint density at radius 1 is 1.33 bits per heavy atom. The number of nitrogens with zero attached hydrogens (tertiary/aromatic N) is 1. The van der Waals surface area contributed by atoms with E-state index in [0.29, 0.717) is 5.75 Å². The highest BCUT2D eigenvalue weighted by Gasteiger charge is 2.34. The molecule has 2 fully saturated rings. The molecule has 6 heteroatoms. The van der Waals surface area contributed by atoms with Crippen molar-refractivity contribution in [2.45, 2.75) is 37.2 Å². The topological polar surface area (TPSA) is 57.6 Å². The Morgan fingerprint density at radius 2 is 2.06 bits per heavy atom. The van der Waals surface area contributed by atoms with E-state index in [2.05, 4.69) is 4.90 Å². The van der Waals surface area contributed by atoms with Crippen LogP contribution in [0.25, 0.3) is 0 Å². The van der Waals surface area contributed by atoms with Gasteiger partial charge in [-0.05, 0) is 18.8 Å². The van der Waals surface area contributed by atoms with Crippen LogP contribution in [0.1, 0.15) is 25.7 Å². The van der Waals surface area contributed by atoms with Gasteiger partial charge in [0.25, 0.3) is 0 Å². The van der Waals surface area contributed by atoms with E-state index in [1.807, 2.05) is 0 Å². The van der Waals surface area contributed by atoms with Crippen molar-refractivity contribution in [1.29, 1.82) is 0 Å². The van der Waals surface area contributed by atoms with Crippen LogP contribution in [0.4, 0.5) is 0 Å². The second-order valence-corrected chi connectivity index (χ2v) is 8.82. The molecule has 1 heterocycles. The molecule has 106 valence electrons. The summed E-state index contributed by atoms with van der Waals surface area (Å²) in [6, 6.07) is 0. The maximum absolute atomic E-state index is 11.8. The first-order valence-corrected chi connectivity index (χ1v) is 9.78. The zero-order valence-corrected chi connectivity index (χ0v) is 12.5. The summed E-state index contributed by atoms with van der Waals surface area (Å²) in [5.41, 5.74) is 0. The second kappa shape index (κ2) is 6.11. The molecule has 2 aliphatic rings. The zero-order valence-electron chi connectivity index (χ0n) is 10.9. The molecule has 1 saturated carbocycles. The largest absolute Gasteiger partial charge is 0.393 e. The van der Waals surface area contributed by atoms with Crippen molar-refractivity contribution in [2.75, 3.05) is 30.9 Å². The Balaban J connectivity index is 2.01. The third-order valence-corrected chi connectivity index (χ3v) is 6.71. The molecule has 0 bridgehead atoms. The normalized spacial score (nSPS) is 35.6. The van der Waals surface area contributed by atoms with E-state index in [4.69, 9.17) is 0 Å². The third kappa shape index (κ3) is 3.62. The second-order valence-electron chi connectivity index (χ2n) is 5.47. The van der Waals surface area contributed by atoms with E-state index >= 15 is 0 Å². The Hall–Kier alpha value is 0.220. The fraction of sp³-hybridized carbons (Fsp3) is 1.00. The molecule has 3 unspecified atom stereocenters. The maximum atomic E-state index is 11.8. The summed E-state index contributed by atoms with van der Waals surface area (Å²) in [6.07, 6.45) is 5.25. The number of aliphatic hydroxyl groups excluding tert-OH is 1. The van der Waals surface area contributed by atoms with Gasteiger partial charge in [-0.3, -0.25) is 4.90 Å². The van der Waals surface area contributed by atoms with Gasteiger partial charge in [0.1, 0.15) is 5.37 Å². The van der Waals surface area contributed by atoms with Gasteiger partial charge in [-0.25, -0.2) is 8.42 Å². The van der Waals surface area contributed by atoms with Gasteiger partial charge in [0, 0.05) is 30.9 Å². The van der Waals surface area contributed by atoms with Gasteiger partial charge in [-0.1, -0.05) is 12.8 Å². The van der Waals surface area contributed by atoms with Crippen LogP contribution in [0.3, 0.4) is 0 Å². The van der Waals surface area contributed by atoms with E-state index in [-0.39, 0.29) is 17.4 Å². The summed E-state index contributed by atoms with van der Waals surface area (Å²) in [5.74, 6) is 1.92. The Morgan fingerprint density at radius 3 is 2.72 bits per heavy atom. The summed E-state index contributed by atoms with van der Waals surface area (Å²) >= 11 is 1.71. The molecule has 1 N–H and O–H groups in total. The van der Waals surface area contributed by atoms with Crippen LogP contribution >= 0.6 is 11.8 Å². The molecule has 4 nitrogen and oxygen atoms in total. The van der Waals surface area contributed by atoms with Crippen molar-refractivity contribution >= 4 is 21.6 Å². The molecule has 0 aromatic heterocycles. The molecule has 0 radical (unpaired) electrons. The first-order valence-electron chi connectivity index (χ1n) is 6.67. The minimum Gasteiger partial charge on any atom is -0.393 e. The highest BCUT2D eigenvalue weighted by molar-refractivity contribution is 8.00. The number of hydrogen-bond acceptors (Lipinski definition) is 5. The molecule has 0 aromatic carbocycles. The fourth-order valence-electron chi connectivity index (χ4n) is 2.92. The van der Waals surface area contributed by atoms with Crippen LogP contribution in [-0.2, 0) is 9.84 Å². The Labute approximate surface area is 114 Å². The highest BCUT2D eigenvalue weighted by atomic mass is 32.2. The van der Waals surface area contributed by atoms with E-state index in [9.17, 15) is 13.5 Å². The lowest BCUT2D eigenvalue weighted by molar-refractivity contribution is 0.0456. The van der Waals surface area contributed by atoms with Gasteiger partial charge in [0.2, 0.25) is 0 Å². The standard InChI is InChI=1S/C12H23NO3S2/c1-18(15,16)12-9-17-7-6-13(12)8-10-4-2-3-5-11(10)14/h10-12,14H,2-9H2,1H3. The molecule has 18 heavy (non-hydrogen) atoms. The van der Waals surface area contributed by atoms with Gasteiger partial charge in [0.15, 0.2) is 9.84 Å². The monoisotopic (exact) mass is 293 g/mol. The van der Waals surface area contributed by atoms with Crippen LogP contribution < -0.4 is 0 Å². The van der Waals surface area contributed by atoms with Gasteiger partial charge in [-0.15, -0.1) is 0 Å². The molecule has 0 spiro atoms. The SMILES string of the molecule is CS(=O)(=O)C1CSCCN1CC1CCCCC1O. The van der Waals surface area contributed by atoms with Crippen LogP contribution in [0.2, 0.25) is 0 Å². The lowest BCUT2D eigenvalue weighted by atomic mass is 9.86.